The minimum atomic E-state index is -1.06. The zero-order valence-corrected chi connectivity index (χ0v) is 10.1. The van der Waals surface area contributed by atoms with Crippen LogP contribution in [0.5, 0.6) is 0 Å². The molecular formula is C14H14N2O2. The molecule has 1 aromatic heterocycles. The quantitative estimate of drug-likeness (QED) is 0.895. The number of nitrogens with zero attached hydrogens (tertiary/aromatic N) is 2. The molecule has 0 unspecified atom stereocenters. The van der Waals surface area contributed by atoms with Gasteiger partial charge in [0, 0.05) is 18.0 Å². The van der Waals surface area contributed by atoms with E-state index in [2.05, 4.69) is 16.9 Å². The molecule has 0 amide bonds. The van der Waals surface area contributed by atoms with Crippen molar-refractivity contribution in [3.63, 3.8) is 0 Å². The number of carboxylic acid groups (broad SMARTS) is 1. The predicted octanol–water partition coefficient (Wildman–Crippen LogP) is 2.79. The average Bonchev–Trinajstić information content (AvgIpc) is 2.40. The summed E-state index contributed by atoms with van der Waals surface area (Å²) < 4.78 is 0. The second-order valence-electron chi connectivity index (χ2n) is 4.01. The molecule has 1 N–H and O–H groups in total. The van der Waals surface area contributed by atoms with E-state index in [4.69, 9.17) is 5.11 Å². The Morgan fingerprint density at radius 3 is 2.44 bits per heavy atom. The predicted molar refractivity (Wildman–Crippen MR) is 68.4 cm³/mol. The topological polar surface area (TPSA) is 63.1 Å². The Labute approximate surface area is 105 Å². The van der Waals surface area contributed by atoms with Crippen LogP contribution in [0, 0.1) is 0 Å². The normalized spacial score (nSPS) is 10.3. The monoisotopic (exact) mass is 242 g/mol. The second-order valence-corrected chi connectivity index (χ2v) is 4.01. The summed E-state index contributed by atoms with van der Waals surface area (Å²) in [5.41, 5.74) is 2.41. The van der Waals surface area contributed by atoms with Crippen LogP contribution in [0.3, 0.4) is 0 Å². The minimum Gasteiger partial charge on any atom is -0.476 e. The maximum atomic E-state index is 11.1. The highest BCUT2D eigenvalue weighted by molar-refractivity contribution is 5.92. The number of aryl methyl sites for hydroxylation is 1. The van der Waals surface area contributed by atoms with Gasteiger partial charge in [0.1, 0.15) is 5.69 Å². The molecule has 0 aliphatic rings. The summed E-state index contributed by atoms with van der Waals surface area (Å²) >= 11 is 0. The zero-order valence-electron chi connectivity index (χ0n) is 10.1. The number of carbonyl (C=O) groups is 1. The highest BCUT2D eigenvalue weighted by Gasteiger charge is 2.13. The molecule has 1 aromatic carbocycles. The van der Waals surface area contributed by atoms with Crippen LogP contribution in [0.1, 0.15) is 29.4 Å². The van der Waals surface area contributed by atoms with Gasteiger partial charge in [-0.15, -0.1) is 0 Å². The van der Waals surface area contributed by atoms with Gasteiger partial charge in [-0.25, -0.2) is 9.78 Å². The summed E-state index contributed by atoms with van der Waals surface area (Å²) in [6, 6.07) is 7.78. The first-order valence-electron chi connectivity index (χ1n) is 5.86. The Morgan fingerprint density at radius 1 is 1.17 bits per heavy atom. The fourth-order valence-electron chi connectivity index (χ4n) is 1.82. The van der Waals surface area contributed by atoms with E-state index < -0.39 is 5.97 Å². The lowest BCUT2D eigenvalue weighted by Crippen LogP contribution is -2.04. The fourth-order valence-corrected chi connectivity index (χ4v) is 1.82. The molecule has 0 aliphatic carbocycles. The molecule has 4 heteroatoms. The Balaban J connectivity index is 2.39. The van der Waals surface area contributed by atoms with Crippen molar-refractivity contribution in [2.24, 2.45) is 0 Å². The zero-order chi connectivity index (χ0) is 13.0. The van der Waals surface area contributed by atoms with Crippen LogP contribution in [0.2, 0.25) is 0 Å². The summed E-state index contributed by atoms with van der Waals surface area (Å²) in [6.07, 6.45) is 5.00. The van der Waals surface area contributed by atoms with Crippen LogP contribution in [-0.4, -0.2) is 21.0 Å². The number of carboxylic acids is 1. The fraction of sp³-hybridized carbons (Fsp3) is 0.214. The first kappa shape index (κ1) is 12.2. The van der Waals surface area contributed by atoms with Gasteiger partial charge in [-0.3, -0.25) is 4.98 Å². The summed E-state index contributed by atoms with van der Waals surface area (Å²) in [7, 11) is 0. The van der Waals surface area contributed by atoms with Crippen LogP contribution in [-0.2, 0) is 6.42 Å². The van der Waals surface area contributed by atoms with Gasteiger partial charge in [0.25, 0.3) is 0 Å². The van der Waals surface area contributed by atoms with Crippen LogP contribution >= 0.6 is 0 Å². The molecular weight excluding hydrogens is 228 g/mol. The standard InChI is InChI=1S/C14H14N2O2/c1-2-3-10-4-6-11(7-5-10)12-13(14(17)18)16-9-8-15-12/h4-9H,2-3H2,1H3,(H,17,18). The van der Waals surface area contributed by atoms with Crippen LogP contribution in [0.15, 0.2) is 36.7 Å². The lowest BCUT2D eigenvalue weighted by molar-refractivity contribution is 0.0691. The Morgan fingerprint density at radius 2 is 1.83 bits per heavy atom. The number of aromatic carboxylic acids is 1. The van der Waals surface area contributed by atoms with Gasteiger partial charge in [0.05, 0.1) is 0 Å². The van der Waals surface area contributed by atoms with E-state index in [0.29, 0.717) is 5.69 Å². The van der Waals surface area contributed by atoms with Crippen molar-refractivity contribution in [3.8, 4) is 11.3 Å². The van der Waals surface area contributed by atoms with Crippen LogP contribution in [0.25, 0.3) is 11.3 Å². The molecule has 0 fully saturated rings. The van der Waals surface area contributed by atoms with E-state index in [1.54, 1.807) is 0 Å². The van der Waals surface area contributed by atoms with Gasteiger partial charge < -0.3 is 5.11 Å². The highest BCUT2D eigenvalue weighted by atomic mass is 16.4. The first-order chi connectivity index (χ1) is 8.72. The third-order valence-electron chi connectivity index (χ3n) is 2.67. The van der Waals surface area contributed by atoms with Crippen molar-refractivity contribution in [2.75, 3.05) is 0 Å². The Hall–Kier alpha value is -2.23. The van der Waals surface area contributed by atoms with Crippen LogP contribution < -0.4 is 0 Å². The largest absolute Gasteiger partial charge is 0.476 e. The lowest BCUT2D eigenvalue weighted by Gasteiger charge is -2.05. The van der Waals surface area contributed by atoms with Gasteiger partial charge in [0.2, 0.25) is 0 Å². The molecule has 0 spiro atoms. The molecule has 0 saturated heterocycles. The molecule has 0 atom stereocenters. The van der Waals surface area contributed by atoms with E-state index in [0.717, 1.165) is 18.4 Å². The number of benzene rings is 1. The van der Waals surface area contributed by atoms with E-state index in [1.807, 2.05) is 24.3 Å². The number of hydrogen-bond acceptors (Lipinski definition) is 3. The molecule has 2 aromatic rings. The lowest BCUT2D eigenvalue weighted by atomic mass is 10.0. The van der Waals surface area contributed by atoms with Crippen molar-refractivity contribution in [2.45, 2.75) is 19.8 Å². The third-order valence-corrected chi connectivity index (χ3v) is 2.67. The molecule has 0 saturated carbocycles. The molecule has 0 bridgehead atoms. The maximum absolute atomic E-state index is 11.1. The summed E-state index contributed by atoms with van der Waals surface area (Å²) in [4.78, 5) is 19.0. The Bertz CT molecular complexity index is 550. The molecule has 18 heavy (non-hydrogen) atoms. The van der Waals surface area contributed by atoms with Crippen molar-refractivity contribution >= 4 is 5.97 Å². The number of aromatic nitrogens is 2. The average molecular weight is 242 g/mol. The third kappa shape index (κ3) is 2.53. The second kappa shape index (κ2) is 5.40. The first-order valence-corrected chi connectivity index (χ1v) is 5.86. The van der Waals surface area contributed by atoms with E-state index in [9.17, 15) is 4.79 Å². The maximum Gasteiger partial charge on any atom is 0.356 e. The van der Waals surface area contributed by atoms with Gasteiger partial charge in [-0.05, 0) is 12.0 Å². The van der Waals surface area contributed by atoms with Gasteiger partial charge in [-0.2, -0.15) is 0 Å². The number of rotatable bonds is 4. The molecule has 1 heterocycles. The van der Waals surface area contributed by atoms with Crippen molar-refractivity contribution in [1.82, 2.24) is 9.97 Å². The minimum absolute atomic E-state index is 0.0132. The molecule has 92 valence electrons. The summed E-state index contributed by atoms with van der Waals surface area (Å²) in [6.45, 7) is 2.12. The molecule has 4 nitrogen and oxygen atoms in total. The molecule has 0 aliphatic heterocycles. The smallest absolute Gasteiger partial charge is 0.356 e. The van der Waals surface area contributed by atoms with E-state index in [-0.39, 0.29) is 5.69 Å². The Kier molecular flexibility index (Phi) is 3.67. The SMILES string of the molecule is CCCc1ccc(-c2nccnc2C(=O)O)cc1. The molecule has 0 radical (unpaired) electrons. The van der Waals surface area contributed by atoms with Gasteiger partial charge >= 0.3 is 5.97 Å². The summed E-state index contributed by atoms with van der Waals surface area (Å²) in [5.74, 6) is -1.06. The highest BCUT2D eigenvalue weighted by Crippen LogP contribution is 2.20. The summed E-state index contributed by atoms with van der Waals surface area (Å²) in [5, 5.41) is 9.06. The number of hydrogen-bond donors (Lipinski definition) is 1. The van der Waals surface area contributed by atoms with E-state index >= 15 is 0 Å². The van der Waals surface area contributed by atoms with E-state index in [1.165, 1.54) is 18.0 Å². The van der Waals surface area contributed by atoms with Crippen molar-refractivity contribution in [3.05, 3.63) is 47.9 Å². The van der Waals surface area contributed by atoms with Gasteiger partial charge in [0.15, 0.2) is 5.69 Å². The van der Waals surface area contributed by atoms with Gasteiger partial charge in [-0.1, -0.05) is 37.6 Å². The van der Waals surface area contributed by atoms with Crippen LogP contribution in [0.4, 0.5) is 0 Å². The molecule has 2 rings (SSSR count). The van der Waals surface area contributed by atoms with Crippen molar-refractivity contribution < 1.29 is 9.90 Å². The van der Waals surface area contributed by atoms with Crippen molar-refractivity contribution in [1.29, 1.82) is 0 Å².